The lowest BCUT2D eigenvalue weighted by atomic mass is 10.1. The number of halogens is 1. The van der Waals surface area contributed by atoms with Crippen molar-refractivity contribution in [3.8, 4) is 11.5 Å². The summed E-state index contributed by atoms with van der Waals surface area (Å²) in [6.45, 7) is 0.741. The van der Waals surface area contributed by atoms with Crippen molar-refractivity contribution in [3.63, 3.8) is 0 Å². The van der Waals surface area contributed by atoms with Crippen molar-refractivity contribution >= 4 is 16.7 Å². The second-order valence-corrected chi connectivity index (χ2v) is 5.85. The summed E-state index contributed by atoms with van der Waals surface area (Å²) >= 11 is 0. The van der Waals surface area contributed by atoms with Gasteiger partial charge in [0, 0.05) is 0 Å². The van der Waals surface area contributed by atoms with Gasteiger partial charge in [-0.05, 0) is 40.6 Å². The van der Waals surface area contributed by atoms with Gasteiger partial charge in [-0.3, -0.25) is 4.79 Å². The van der Waals surface area contributed by atoms with Crippen LogP contribution in [0, 0.1) is 5.82 Å². The highest BCUT2D eigenvalue weighted by Crippen LogP contribution is 2.20. The quantitative estimate of drug-likeness (QED) is 0.659. The van der Waals surface area contributed by atoms with Crippen molar-refractivity contribution in [2.24, 2.45) is 0 Å². The average Bonchev–Trinajstić information content (AvgIpc) is 2.65. The van der Waals surface area contributed by atoms with Gasteiger partial charge in [0.15, 0.2) is 11.6 Å². The van der Waals surface area contributed by atoms with Gasteiger partial charge in [0.1, 0.15) is 12.4 Å². The number of ether oxygens (including phenoxy) is 2. The lowest BCUT2D eigenvalue weighted by Crippen LogP contribution is -2.29. The van der Waals surface area contributed by atoms with Gasteiger partial charge >= 0.3 is 0 Å². The summed E-state index contributed by atoms with van der Waals surface area (Å²) in [5.74, 6) is 0.266. The molecule has 26 heavy (non-hydrogen) atoms. The van der Waals surface area contributed by atoms with Crippen LogP contribution < -0.4 is 14.8 Å². The Morgan fingerprint density at radius 2 is 1.85 bits per heavy atom. The molecular weight excluding hydrogens is 333 g/mol. The highest BCUT2D eigenvalue weighted by atomic mass is 19.1. The highest BCUT2D eigenvalue weighted by molar-refractivity contribution is 5.83. The molecule has 0 aliphatic heterocycles. The van der Waals surface area contributed by atoms with Crippen LogP contribution in [0.5, 0.6) is 11.5 Å². The highest BCUT2D eigenvalue weighted by Gasteiger charge is 2.07. The first-order valence-corrected chi connectivity index (χ1v) is 8.36. The monoisotopic (exact) mass is 353 g/mol. The van der Waals surface area contributed by atoms with E-state index in [1.165, 1.54) is 19.2 Å². The Kier molecular flexibility index (Phi) is 5.69. The zero-order chi connectivity index (χ0) is 18.4. The fourth-order valence-electron chi connectivity index (χ4n) is 2.68. The summed E-state index contributed by atoms with van der Waals surface area (Å²) < 4.78 is 24.2. The van der Waals surface area contributed by atoms with E-state index < -0.39 is 5.82 Å². The fourth-order valence-corrected chi connectivity index (χ4v) is 2.68. The number of methoxy groups -OCH3 is 1. The normalized spacial score (nSPS) is 10.5. The summed E-state index contributed by atoms with van der Waals surface area (Å²) in [4.78, 5) is 11.9. The molecule has 0 atom stereocenters. The summed E-state index contributed by atoms with van der Waals surface area (Å²) in [7, 11) is 1.40. The molecule has 3 aromatic rings. The Hall–Kier alpha value is -3.08. The lowest BCUT2D eigenvalue weighted by molar-refractivity contribution is -0.120. The second kappa shape index (κ2) is 8.34. The first kappa shape index (κ1) is 17.7. The van der Waals surface area contributed by atoms with Crippen LogP contribution in [0.1, 0.15) is 5.56 Å². The van der Waals surface area contributed by atoms with Crippen LogP contribution >= 0.6 is 0 Å². The predicted octanol–water partition coefficient (Wildman–Crippen LogP) is 3.73. The van der Waals surface area contributed by atoms with Crippen molar-refractivity contribution in [1.29, 1.82) is 0 Å². The van der Waals surface area contributed by atoms with Crippen molar-refractivity contribution in [2.45, 2.75) is 6.42 Å². The first-order chi connectivity index (χ1) is 12.7. The Balaban J connectivity index is 1.45. The van der Waals surface area contributed by atoms with Crippen LogP contribution in [0.4, 0.5) is 4.39 Å². The minimum absolute atomic E-state index is 0.108. The maximum Gasteiger partial charge on any atom is 0.224 e. The zero-order valence-corrected chi connectivity index (χ0v) is 14.5. The SMILES string of the molecule is COc1ccc(CC(=O)NCCOc2ccc3ccccc3c2)cc1F. The van der Waals surface area contributed by atoms with E-state index in [2.05, 4.69) is 5.32 Å². The molecule has 1 amide bonds. The maximum atomic E-state index is 13.6. The summed E-state index contributed by atoms with van der Waals surface area (Å²) in [6.07, 6.45) is 0.108. The minimum atomic E-state index is -0.475. The van der Waals surface area contributed by atoms with Gasteiger partial charge in [-0.15, -0.1) is 0 Å². The average molecular weight is 353 g/mol. The molecule has 0 aromatic heterocycles. The third-order valence-electron chi connectivity index (χ3n) is 3.99. The number of rotatable bonds is 7. The van der Waals surface area contributed by atoms with Crippen LogP contribution in [-0.4, -0.2) is 26.2 Å². The molecule has 0 aliphatic rings. The molecule has 3 rings (SSSR count). The van der Waals surface area contributed by atoms with Gasteiger partial charge in [0.05, 0.1) is 20.1 Å². The molecule has 0 spiro atoms. The van der Waals surface area contributed by atoms with Crippen LogP contribution in [0.2, 0.25) is 0 Å². The molecule has 1 N–H and O–H groups in total. The van der Waals surface area contributed by atoms with E-state index in [0.717, 1.165) is 16.5 Å². The van der Waals surface area contributed by atoms with E-state index in [9.17, 15) is 9.18 Å². The van der Waals surface area contributed by atoms with Crippen molar-refractivity contribution in [2.75, 3.05) is 20.3 Å². The van der Waals surface area contributed by atoms with E-state index in [0.29, 0.717) is 18.7 Å². The Labute approximate surface area is 151 Å². The van der Waals surface area contributed by atoms with Gasteiger partial charge in [-0.2, -0.15) is 0 Å². The molecule has 0 saturated heterocycles. The molecule has 0 radical (unpaired) electrons. The number of carbonyl (C=O) groups excluding carboxylic acids is 1. The third kappa shape index (κ3) is 4.51. The fraction of sp³-hybridized carbons (Fsp3) is 0.190. The molecular formula is C21H20FNO3. The van der Waals surface area contributed by atoms with Crippen LogP contribution in [0.3, 0.4) is 0 Å². The smallest absolute Gasteiger partial charge is 0.224 e. The molecule has 5 heteroatoms. The van der Waals surface area contributed by atoms with Gasteiger partial charge in [0.25, 0.3) is 0 Å². The summed E-state index contributed by atoms with van der Waals surface area (Å²) in [5, 5.41) is 5.03. The number of benzene rings is 3. The number of hydrogen-bond acceptors (Lipinski definition) is 3. The van der Waals surface area contributed by atoms with Crippen molar-refractivity contribution < 1.29 is 18.7 Å². The number of nitrogens with one attached hydrogen (secondary N) is 1. The molecule has 3 aromatic carbocycles. The van der Waals surface area contributed by atoms with Gasteiger partial charge in [0.2, 0.25) is 5.91 Å². The van der Waals surface area contributed by atoms with Crippen LogP contribution in [0.25, 0.3) is 10.8 Å². The molecule has 0 aliphatic carbocycles. The summed E-state index contributed by atoms with van der Waals surface area (Å²) in [5.41, 5.74) is 0.594. The van der Waals surface area contributed by atoms with Crippen molar-refractivity contribution in [1.82, 2.24) is 5.32 Å². The third-order valence-corrected chi connectivity index (χ3v) is 3.99. The first-order valence-electron chi connectivity index (χ1n) is 8.36. The standard InChI is InChI=1S/C21H20FNO3/c1-25-20-9-6-15(12-19(20)22)13-21(24)23-10-11-26-18-8-7-16-4-2-3-5-17(16)14-18/h2-9,12,14H,10-11,13H2,1H3,(H,23,24). The lowest BCUT2D eigenvalue weighted by Gasteiger charge is -2.09. The molecule has 4 nitrogen and oxygen atoms in total. The van der Waals surface area contributed by atoms with E-state index in [-0.39, 0.29) is 18.1 Å². The topological polar surface area (TPSA) is 47.6 Å². The minimum Gasteiger partial charge on any atom is -0.494 e. The zero-order valence-electron chi connectivity index (χ0n) is 14.5. The molecule has 0 fully saturated rings. The number of fused-ring (bicyclic) bond motifs is 1. The number of amides is 1. The largest absolute Gasteiger partial charge is 0.494 e. The second-order valence-electron chi connectivity index (χ2n) is 5.85. The predicted molar refractivity (Wildman–Crippen MR) is 99.1 cm³/mol. The molecule has 0 bridgehead atoms. The van der Waals surface area contributed by atoms with E-state index in [1.54, 1.807) is 6.07 Å². The van der Waals surface area contributed by atoms with Gasteiger partial charge < -0.3 is 14.8 Å². The number of carbonyl (C=O) groups is 1. The molecule has 0 saturated carbocycles. The number of hydrogen-bond donors (Lipinski definition) is 1. The summed E-state index contributed by atoms with van der Waals surface area (Å²) in [6, 6.07) is 18.4. The van der Waals surface area contributed by atoms with Gasteiger partial charge in [-0.25, -0.2) is 4.39 Å². The van der Waals surface area contributed by atoms with Crippen molar-refractivity contribution in [3.05, 3.63) is 72.0 Å². The Morgan fingerprint density at radius 3 is 2.62 bits per heavy atom. The molecule has 0 unspecified atom stereocenters. The van der Waals surface area contributed by atoms with E-state index in [1.807, 2.05) is 42.5 Å². The van der Waals surface area contributed by atoms with Crippen LogP contribution in [0.15, 0.2) is 60.7 Å². The Bertz CT molecular complexity index is 911. The Morgan fingerprint density at radius 1 is 1.04 bits per heavy atom. The van der Waals surface area contributed by atoms with E-state index in [4.69, 9.17) is 9.47 Å². The van der Waals surface area contributed by atoms with E-state index >= 15 is 0 Å². The molecule has 0 heterocycles. The maximum absolute atomic E-state index is 13.6. The van der Waals surface area contributed by atoms with Gasteiger partial charge in [-0.1, -0.05) is 36.4 Å². The van der Waals surface area contributed by atoms with Crippen LogP contribution in [-0.2, 0) is 11.2 Å². The molecule has 134 valence electrons.